The van der Waals surface area contributed by atoms with Gasteiger partial charge in [-0.05, 0) is 45.2 Å². The van der Waals surface area contributed by atoms with Gasteiger partial charge in [0, 0.05) is 51.0 Å². The number of likely N-dealkylation sites (tertiary alicyclic amines) is 1. The number of piperidine rings is 1. The summed E-state index contributed by atoms with van der Waals surface area (Å²) in [4.78, 5) is 9.56. The summed E-state index contributed by atoms with van der Waals surface area (Å²) in [5.41, 5.74) is 4.60. The van der Waals surface area contributed by atoms with Gasteiger partial charge in [0.05, 0.1) is 23.6 Å². The predicted molar refractivity (Wildman–Crippen MR) is 103 cm³/mol. The van der Waals surface area contributed by atoms with E-state index in [1.165, 1.54) is 11.1 Å². The van der Waals surface area contributed by atoms with Gasteiger partial charge in [-0.3, -0.25) is 14.8 Å². The predicted octanol–water partition coefficient (Wildman–Crippen LogP) is 2.86. The molecule has 0 aromatic carbocycles. The van der Waals surface area contributed by atoms with Crippen molar-refractivity contribution in [1.29, 1.82) is 0 Å². The van der Waals surface area contributed by atoms with Crippen LogP contribution in [0.15, 0.2) is 22.9 Å². The van der Waals surface area contributed by atoms with E-state index in [2.05, 4.69) is 39.0 Å². The second-order valence-electron chi connectivity index (χ2n) is 8.15. The fourth-order valence-corrected chi connectivity index (χ4v) is 4.25. The van der Waals surface area contributed by atoms with E-state index < -0.39 is 0 Å². The highest BCUT2D eigenvalue weighted by Gasteiger charge is 2.39. The van der Waals surface area contributed by atoms with E-state index in [-0.39, 0.29) is 5.60 Å². The van der Waals surface area contributed by atoms with Crippen molar-refractivity contribution in [1.82, 2.24) is 19.9 Å². The molecule has 146 valence electrons. The van der Waals surface area contributed by atoms with Gasteiger partial charge in [0.25, 0.3) is 0 Å². The Hall–Kier alpha value is -1.76. The van der Waals surface area contributed by atoms with Crippen LogP contribution in [0, 0.1) is 20.8 Å². The van der Waals surface area contributed by atoms with Gasteiger partial charge in [0.15, 0.2) is 0 Å². The first kappa shape index (κ1) is 18.6. The van der Waals surface area contributed by atoms with Crippen molar-refractivity contribution in [2.45, 2.75) is 52.3 Å². The zero-order valence-electron chi connectivity index (χ0n) is 16.7. The van der Waals surface area contributed by atoms with Gasteiger partial charge >= 0.3 is 0 Å². The molecule has 4 heterocycles. The monoisotopic (exact) mass is 370 g/mol. The Morgan fingerprint density at radius 3 is 2.52 bits per heavy atom. The van der Waals surface area contributed by atoms with Gasteiger partial charge < -0.3 is 9.26 Å². The van der Waals surface area contributed by atoms with E-state index in [0.717, 1.165) is 75.9 Å². The molecule has 2 aliphatic heterocycles. The van der Waals surface area contributed by atoms with Crippen LogP contribution in [-0.4, -0.2) is 58.3 Å². The molecule has 4 rings (SSSR count). The Labute approximate surface area is 161 Å². The Morgan fingerprint density at radius 2 is 1.85 bits per heavy atom. The van der Waals surface area contributed by atoms with Crippen molar-refractivity contribution in [2.75, 3.05) is 32.8 Å². The molecular formula is C21H30N4O2. The normalized spacial score (nSPS) is 21.0. The second-order valence-corrected chi connectivity index (χ2v) is 8.15. The van der Waals surface area contributed by atoms with Crippen LogP contribution in [0.25, 0.3) is 0 Å². The van der Waals surface area contributed by atoms with Crippen LogP contribution in [0.3, 0.4) is 0 Å². The Bertz CT molecular complexity index is 743. The fourth-order valence-electron chi connectivity index (χ4n) is 4.25. The van der Waals surface area contributed by atoms with Gasteiger partial charge in [0.1, 0.15) is 5.76 Å². The lowest BCUT2D eigenvalue weighted by atomic mass is 9.89. The van der Waals surface area contributed by atoms with Crippen LogP contribution in [0.5, 0.6) is 0 Å². The third-order valence-electron chi connectivity index (χ3n) is 6.02. The molecule has 2 aromatic heterocycles. The van der Waals surface area contributed by atoms with Crippen molar-refractivity contribution in [3.8, 4) is 0 Å². The average molecular weight is 370 g/mol. The first-order valence-electron chi connectivity index (χ1n) is 9.95. The van der Waals surface area contributed by atoms with E-state index in [9.17, 15) is 0 Å². The van der Waals surface area contributed by atoms with E-state index in [0.29, 0.717) is 0 Å². The second kappa shape index (κ2) is 7.70. The van der Waals surface area contributed by atoms with Crippen molar-refractivity contribution in [2.24, 2.45) is 0 Å². The smallest absolute Gasteiger partial charge is 0.138 e. The number of aromatic nitrogens is 2. The van der Waals surface area contributed by atoms with E-state index in [4.69, 9.17) is 9.26 Å². The average Bonchev–Trinajstić information content (AvgIpc) is 2.98. The molecule has 27 heavy (non-hydrogen) atoms. The number of rotatable bonds is 4. The highest BCUT2D eigenvalue weighted by molar-refractivity contribution is 5.20. The number of hydrogen-bond donors (Lipinski definition) is 0. The summed E-state index contributed by atoms with van der Waals surface area (Å²) in [5.74, 6) is 0.938. The summed E-state index contributed by atoms with van der Waals surface area (Å²) in [6.07, 6.45) is 4.12. The molecule has 0 aliphatic carbocycles. The minimum absolute atomic E-state index is 0.00553. The van der Waals surface area contributed by atoms with Gasteiger partial charge in [-0.15, -0.1) is 0 Å². The molecule has 0 atom stereocenters. The summed E-state index contributed by atoms with van der Waals surface area (Å²) >= 11 is 0. The van der Waals surface area contributed by atoms with Crippen LogP contribution in [0.1, 0.15) is 41.1 Å². The van der Waals surface area contributed by atoms with Gasteiger partial charge in [-0.1, -0.05) is 11.2 Å². The molecule has 6 nitrogen and oxygen atoms in total. The minimum Gasteiger partial charge on any atom is -0.372 e. The summed E-state index contributed by atoms with van der Waals surface area (Å²) in [5, 5.41) is 4.10. The summed E-state index contributed by atoms with van der Waals surface area (Å²) < 4.78 is 11.6. The number of aryl methyl sites for hydroxylation is 3. The third-order valence-corrected chi connectivity index (χ3v) is 6.02. The highest BCUT2D eigenvalue weighted by Crippen LogP contribution is 2.31. The van der Waals surface area contributed by atoms with E-state index in [1.807, 2.05) is 20.0 Å². The number of pyridine rings is 1. The lowest BCUT2D eigenvalue weighted by Crippen LogP contribution is -2.56. The lowest BCUT2D eigenvalue weighted by molar-refractivity contribution is -0.138. The quantitative estimate of drug-likeness (QED) is 0.825. The Balaban J connectivity index is 1.33. The SMILES string of the molecule is Cc1ccc(CN2CCC3(CC2)CN(Cc2c(C)noc2C)CCO3)nc1. The maximum Gasteiger partial charge on any atom is 0.138 e. The zero-order valence-corrected chi connectivity index (χ0v) is 16.7. The Morgan fingerprint density at radius 1 is 1.04 bits per heavy atom. The molecule has 0 N–H and O–H groups in total. The number of ether oxygens (including phenoxy) is 1. The first-order chi connectivity index (χ1) is 13.0. The third kappa shape index (κ3) is 4.23. The molecule has 2 aromatic rings. The van der Waals surface area contributed by atoms with Crippen molar-refractivity contribution in [3.05, 3.63) is 46.6 Å². The molecule has 0 amide bonds. The number of hydrogen-bond acceptors (Lipinski definition) is 6. The van der Waals surface area contributed by atoms with Gasteiger partial charge in [0.2, 0.25) is 0 Å². The highest BCUT2D eigenvalue weighted by atomic mass is 16.5. The topological polar surface area (TPSA) is 54.6 Å². The Kier molecular flexibility index (Phi) is 5.30. The minimum atomic E-state index is -0.00553. The molecule has 2 fully saturated rings. The first-order valence-corrected chi connectivity index (χ1v) is 9.95. The van der Waals surface area contributed by atoms with Gasteiger partial charge in [-0.25, -0.2) is 0 Å². The van der Waals surface area contributed by atoms with Crippen molar-refractivity contribution < 1.29 is 9.26 Å². The maximum absolute atomic E-state index is 6.31. The van der Waals surface area contributed by atoms with E-state index >= 15 is 0 Å². The summed E-state index contributed by atoms with van der Waals surface area (Å²) in [7, 11) is 0. The molecule has 0 unspecified atom stereocenters. The fraction of sp³-hybridized carbons (Fsp3) is 0.619. The van der Waals surface area contributed by atoms with Crippen LogP contribution < -0.4 is 0 Å². The van der Waals surface area contributed by atoms with Crippen LogP contribution >= 0.6 is 0 Å². The van der Waals surface area contributed by atoms with Crippen LogP contribution in [-0.2, 0) is 17.8 Å². The van der Waals surface area contributed by atoms with Gasteiger partial charge in [-0.2, -0.15) is 0 Å². The van der Waals surface area contributed by atoms with Crippen molar-refractivity contribution >= 4 is 0 Å². The molecule has 1 spiro atoms. The summed E-state index contributed by atoms with van der Waals surface area (Å²) in [6, 6.07) is 4.28. The number of nitrogens with zero attached hydrogens (tertiary/aromatic N) is 4. The molecule has 0 radical (unpaired) electrons. The molecule has 2 aliphatic rings. The van der Waals surface area contributed by atoms with Crippen LogP contribution in [0.2, 0.25) is 0 Å². The van der Waals surface area contributed by atoms with E-state index in [1.54, 1.807) is 0 Å². The molecular weight excluding hydrogens is 340 g/mol. The largest absolute Gasteiger partial charge is 0.372 e. The molecule has 6 heteroatoms. The van der Waals surface area contributed by atoms with Crippen molar-refractivity contribution in [3.63, 3.8) is 0 Å². The summed E-state index contributed by atoms with van der Waals surface area (Å²) in [6.45, 7) is 12.9. The maximum atomic E-state index is 6.31. The van der Waals surface area contributed by atoms with Crippen LogP contribution in [0.4, 0.5) is 0 Å². The zero-order chi connectivity index (χ0) is 18.9. The number of morpholine rings is 1. The molecule has 0 bridgehead atoms. The lowest BCUT2D eigenvalue weighted by Gasteiger charge is -2.47. The molecule has 2 saturated heterocycles. The standard InChI is InChI=1S/C21H30N4O2/c1-16-4-5-19(22-12-16)13-24-8-6-21(7-9-24)15-25(10-11-26-21)14-20-17(2)23-27-18(20)3/h4-5,12H,6-11,13-15H2,1-3H3. The molecule has 0 saturated carbocycles.